The van der Waals surface area contributed by atoms with Crippen LogP contribution in [0.4, 0.5) is 0 Å². The van der Waals surface area contributed by atoms with E-state index in [1.807, 2.05) is 36.4 Å². The topological polar surface area (TPSA) is 76.4 Å². The van der Waals surface area contributed by atoms with Crippen LogP contribution in [0.2, 0.25) is 0 Å². The number of benzene rings is 1. The predicted octanol–water partition coefficient (Wildman–Crippen LogP) is 4.23. The third-order valence-corrected chi connectivity index (χ3v) is 3.85. The van der Waals surface area contributed by atoms with Gasteiger partial charge in [-0.25, -0.2) is 0 Å². The summed E-state index contributed by atoms with van der Waals surface area (Å²) in [7, 11) is 0. The van der Waals surface area contributed by atoms with Gasteiger partial charge in [0.2, 0.25) is 0 Å². The number of nitriles is 1. The Bertz CT molecular complexity index is 723. The summed E-state index contributed by atoms with van der Waals surface area (Å²) in [5, 5.41) is 9.50. The van der Waals surface area contributed by atoms with Gasteiger partial charge in [0.15, 0.2) is 5.41 Å². The Morgan fingerprint density at radius 3 is 2.22 bits per heavy atom. The van der Waals surface area contributed by atoms with E-state index in [2.05, 4.69) is 12.6 Å². The summed E-state index contributed by atoms with van der Waals surface area (Å²) in [5.41, 5.74) is -0.375. The van der Waals surface area contributed by atoms with Crippen LogP contribution in [-0.4, -0.2) is 25.2 Å². The maximum atomic E-state index is 12.6. The van der Waals surface area contributed by atoms with Gasteiger partial charge < -0.3 is 9.47 Å². The molecule has 0 N–H and O–H groups in total. The van der Waals surface area contributed by atoms with Crippen LogP contribution in [0.3, 0.4) is 0 Å². The van der Waals surface area contributed by atoms with Crippen molar-refractivity contribution in [2.24, 2.45) is 5.41 Å². The first-order chi connectivity index (χ1) is 13.0. The van der Waals surface area contributed by atoms with Crippen molar-refractivity contribution in [1.82, 2.24) is 0 Å². The van der Waals surface area contributed by atoms with Crippen LogP contribution < -0.4 is 0 Å². The normalized spacial score (nSPS) is 11.7. The lowest BCUT2D eigenvalue weighted by atomic mass is 9.78. The van der Waals surface area contributed by atoms with Crippen LogP contribution in [-0.2, 0) is 19.1 Å². The molecule has 0 aromatic heterocycles. The van der Waals surface area contributed by atoms with Crippen molar-refractivity contribution in [3.05, 3.63) is 66.3 Å². The molecule has 0 radical (unpaired) electrons. The summed E-state index contributed by atoms with van der Waals surface area (Å²) >= 11 is 0. The summed E-state index contributed by atoms with van der Waals surface area (Å²) in [4.78, 5) is 25.2. The van der Waals surface area contributed by atoms with Crippen LogP contribution in [0.25, 0.3) is 6.08 Å². The number of ether oxygens (including phenoxy) is 2. The molecule has 0 saturated carbocycles. The molecule has 1 rings (SSSR count). The van der Waals surface area contributed by atoms with E-state index in [-0.39, 0.29) is 31.6 Å². The predicted molar refractivity (Wildman–Crippen MR) is 104 cm³/mol. The van der Waals surface area contributed by atoms with E-state index in [0.29, 0.717) is 0 Å². The van der Waals surface area contributed by atoms with Crippen molar-refractivity contribution in [1.29, 1.82) is 5.26 Å². The lowest BCUT2D eigenvalue weighted by Gasteiger charge is -2.27. The molecule has 5 nitrogen and oxygen atoms in total. The third-order valence-electron chi connectivity index (χ3n) is 3.85. The Labute approximate surface area is 160 Å². The highest BCUT2D eigenvalue weighted by molar-refractivity contribution is 6.00. The van der Waals surface area contributed by atoms with Crippen molar-refractivity contribution in [3.63, 3.8) is 0 Å². The van der Waals surface area contributed by atoms with E-state index < -0.39 is 17.4 Å². The summed E-state index contributed by atoms with van der Waals surface area (Å²) in [6.45, 7) is 7.19. The first kappa shape index (κ1) is 21.9. The zero-order valence-electron chi connectivity index (χ0n) is 15.8. The van der Waals surface area contributed by atoms with Crippen molar-refractivity contribution in [2.75, 3.05) is 13.2 Å². The Morgan fingerprint density at radius 1 is 1.15 bits per heavy atom. The molecule has 1 aromatic rings. The second kappa shape index (κ2) is 11.5. The SMILES string of the molecule is C=CCC(C/C(C#N)=C/C=C/c1ccccc1)(C(=O)OCC)C(=O)OCC. The Kier molecular flexibility index (Phi) is 9.32. The van der Waals surface area contributed by atoms with Gasteiger partial charge in [0.1, 0.15) is 0 Å². The molecule has 0 fully saturated rings. The number of hydrogen-bond acceptors (Lipinski definition) is 5. The Morgan fingerprint density at radius 2 is 1.74 bits per heavy atom. The van der Waals surface area contributed by atoms with Gasteiger partial charge in [-0.3, -0.25) is 9.59 Å². The Hall–Kier alpha value is -3.13. The molecule has 0 spiro atoms. The van der Waals surface area contributed by atoms with Gasteiger partial charge in [-0.1, -0.05) is 48.6 Å². The fourth-order valence-electron chi connectivity index (χ4n) is 2.55. The van der Waals surface area contributed by atoms with Gasteiger partial charge in [0.25, 0.3) is 0 Å². The van der Waals surface area contributed by atoms with Crippen molar-refractivity contribution in [3.8, 4) is 6.07 Å². The summed E-state index contributed by atoms with van der Waals surface area (Å²) in [6, 6.07) is 11.6. The fourth-order valence-corrected chi connectivity index (χ4v) is 2.55. The number of rotatable bonds is 10. The van der Waals surface area contributed by atoms with Crippen molar-refractivity contribution < 1.29 is 19.1 Å². The zero-order chi connectivity index (χ0) is 20.1. The molecular weight excluding hydrogens is 342 g/mol. The van der Waals surface area contributed by atoms with E-state index in [0.717, 1.165) is 5.56 Å². The number of hydrogen-bond donors (Lipinski definition) is 0. The molecular formula is C22H25NO4. The third kappa shape index (κ3) is 6.27. The number of carbonyl (C=O) groups is 2. The minimum absolute atomic E-state index is 0.0199. The van der Waals surface area contributed by atoms with E-state index in [9.17, 15) is 14.9 Å². The molecule has 0 aliphatic heterocycles. The molecule has 0 amide bonds. The standard InChI is InChI=1S/C22H25NO4/c1-4-15-22(20(24)26-5-2,21(25)27-6-3)16-19(17-23)14-10-13-18-11-8-7-9-12-18/h4,7-14H,1,5-6,15-16H2,2-3H3/b13-10+,19-14-. The average Bonchev–Trinajstić information content (AvgIpc) is 2.67. The van der Waals surface area contributed by atoms with Gasteiger partial charge in [-0.2, -0.15) is 5.26 Å². The van der Waals surface area contributed by atoms with E-state index in [1.165, 1.54) is 6.08 Å². The van der Waals surface area contributed by atoms with Crippen molar-refractivity contribution in [2.45, 2.75) is 26.7 Å². The van der Waals surface area contributed by atoms with Crippen LogP contribution in [0.1, 0.15) is 32.3 Å². The molecule has 0 heterocycles. The lowest BCUT2D eigenvalue weighted by molar-refractivity contribution is -0.171. The van der Waals surface area contributed by atoms with E-state index >= 15 is 0 Å². The molecule has 0 aliphatic carbocycles. The highest BCUT2D eigenvalue weighted by Gasteiger charge is 2.48. The minimum atomic E-state index is -1.62. The summed E-state index contributed by atoms with van der Waals surface area (Å²) in [5.74, 6) is -1.42. The molecule has 27 heavy (non-hydrogen) atoms. The maximum absolute atomic E-state index is 12.6. The van der Waals surface area contributed by atoms with Crippen LogP contribution >= 0.6 is 0 Å². The number of carbonyl (C=O) groups excluding carboxylic acids is 2. The second-order valence-electron chi connectivity index (χ2n) is 5.77. The maximum Gasteiger partial charge on any atom is 0.324 e. The molecule has 0 aliphatic rings. The van der Waals surface area contributed by atoms with E-state index in [1.54, 1.807) is 26.0 Å². The molecule has 0 atom stereocenters. The number of nitrogens with zero attached hydrogens (tertiary/aromatic N) is 1. The van der Waals surface area contributed by atoms with Crippen LogP contribution in [0.15, 0.2) is 60.7 Å². The van der Waals surface area contributed by atoms with Crippen LogP contribution in [0, 0.1) is 16.7 Å². The smallest absolute Gasteiger partial charge is 0.324 e. The highest BCUT2D eigenvalue weighted by atomic mass is 16.6. The summed E-state index contributed by atoms with van der Waals surface area (Å²) < 4.78 is 10.2. The lowest BCUT2D eigenvalue weighted by Crippen LogP contribution is -2.42. The van der Waals surface area contributed by atoms with E-state index in [4.69, 9.17) is 9.47 Å². The second-order valence-corrected chi connectivity index (χ2v) is 5.77. The van der Waals surface area contributed by atoms with Gasteiger partial charge >= 0.3 is 11.9 Å². The number of esters is 2. The number of allylic oxidation sites excluding steroid dienone is 4. The quantitative estimate of drug-likeness (QED) is 0.203. The minimum Gasteiger partial charge on any atom is -0.465 e. The monoisotopic (exact) mass is 367 g/mol. The summed E-state index contributed by atoms with van der Waals surface area (Å²) in [6.07, 6.45) is 6.49. The Balaban J connectivity index is 3.19. The molecule has 5 heteroatoms. The van der Waals surface area contributed by atoms with Gasteiger partial charge in [0, 0.05) is 12.0 Å². The fraction of sp³-hybridized carbons (Fsp3) is 0.318. The largest absolute Gasteiger partial charge is 0.465 e. The van der Waals surface area contributed by atoms with Crippen LogP contribution in [0.5, 0.6) is 0 Å². The molecule has 0 unspecified atom stereocenters. The zero-order valence-corrected chi connectivity index (χ0v) is 15.8. The van der Waals surface area contributed by atoms with Gasteiger partial charge in [-0.15, -0.1) is 6.58 Å². The average molecular weight is 367 g/mol. The molecule has 142 valence electrons. The molecule has 1 aromatic carbocycles. The molecule has 0 bridgehead atoms. The highest BCUT2D eigenvalue weighted by Crippen LogP contribution is 2.34. The van der Waals surface area contributed by atoms with Gasteiger partial charge in [0.05, 0.1) is 19.3 Å². The first-order valence-electron chi connectivity index (χ1n) is 8.81. The van der Waals surface area contributed by atoms with Crippen molar-refractivity contribution >= 4 is 18.0 Å². The van der Waals surface area contributed by atoms with Gasteiger partial charge in [-0.05, 0) is 31.9 Å². The first-order valence-corrected chi connectivity index (χ1v) is 8.81. The molecule has 0 saturated heterocycles.